The van der Waals surface area contributed by atoms with Gasteiger partial charge in [0.15, 0.2) is 0 Å². The Balaban J connectivity index is 2.87. The van der Waals surface area contributed by atoms with Crippen LogP contribution in [-0.2, 0) is 5.88 Å². The number of nitrogen functional groups attached to an aromatic ring is 1. The molecule has 68 valence electrons. The number of anilines is 1. The summed E-state index contributed by atoms with van der Waals surface area (Å²) in [6.07, 6.45) is 0. The minimum atomic E-state index is -0.249. The van der Waals surface area contributed by atoms with Gasteiger partial charge in [-0.25, -0.2) is 4.39 Å². The lowest BCUT2D eigenvalue weighted by atomic mass is 10.1. The van der Waals surface area contributed by atoms with E-state index >= 15 is 0 Å². The normalized spacial score (nSPS) is 10.9. The fourth-order valence-electron chi connectivity index (χ4n) is 1.29. The summed E-state index contributed by atoms with van der Waals surface area (Å²) >= 11 is 7.10. The number of alkyl halides is 1. The van der Waals surface area contributed by atoms with Crippen LogP contribution in [0.5, 0.6) is 0 Å². The third-order valence-corrected chi connectivity index (χ3v) is 3.29. The van der Waals surface area contributed by atoms with E-state index in [1.165, 1.54) is 17.4 Å². The van der Waals surface area contributed by atoms with Gasteiger partial charge in [0, 0.05) is 17.0 Å². The zero-order chi connectivity index (χ0) is 9.42. The molecule has 1 aromatic carbocycles. The Bertz CT molecular complexity index is 452. The third-order valence-electron chi connectivity index (χ3n) is 1.92. The van der Waals surface area contributed by atoms with Gasteiger partial charge in [0.05, 0.1) is 4.70 Å². The molecule has 2 rings (SSSR count). The van der Waals surface area contributed by atoms with Crippen LogP contribution in [0.3, 0.4) is 0 Å². The van der Waals surface area contributed by atoms with Gasteiger partial charge in [0.25, 0.3) is 0 Å². The van der Waals surface area contributed by atoms with Crippen molar-refractivity contribution in [2.75, 3.05) is 5.73 Å². The van der Waals surface area contributed by atoms with Gasteiger partial charge in [-0.3, -0.25) is 0 Å². The molecule has 1 nitrogen and oxygen atoms in total. The van der Waals surface area contributed by atoms with E-state index in [1.807, 2.05) is 5.38 Å². The van der Waals surface area contributed by atoms with Crippen LogP contribution in [0.15, 0.2) is 17.5 Å². The van der Waals surface area contributed by atoms with E-state index in [2.05, 4.69) is 0 Å². The second kappa shape index (κ2) is 3.16. The second-order valence-corrected chi connectivity index (χ2v) is 3.88. The van der Waals surface area contributed by atoms with Gasteiger partial charge in [-0.15, -0.1) is 22.9 Å². The minimum absolute atomic E-state index is 0.249. The van der Waals surface area contributed by atoms with Crippen molar-refractivity contribution in [3.63, 3.8) is 0 Å². The number of halogens is 2. The lowest BCUT2D eigenvalue weighted by Crippen LogP contribution is -1.87. The molecule has 1 heterocycles. The van der Waals surface area contributed by atoms with Crippen LogP contribution in [0.25, 0.3) is 10.1 Å². The Kier molecular flexibility index (Phi) is 2.14. The van der Waals surface area contributed by atoms with E-state index in [-0.39, 0.29) is 5.82 Å². The summed E-state index contributed by atoms with van der Waals surface area (Å²) in [5, 5.41) is 2.41. The first kappa shape index (κ1) is 8.78. The molecular weight excluding hydrogens is 209 g/mol. The first-order valence-corrected chi connectivity index (χ1v) is 5.15. The smallest absolute Gasteiger partial charge is 0.132 e. The predicted octanol–water partition coefficient (Wildman–Crippen LogP) is 3.36. The summed E-state index contributed by atoms with van der Waals surface area (Å²) in [4.78, 5) is 0. The molecule has 0 amide bonds. The Labute approximate surface area is 83.9 Å². The molecular formula is C9H7ClFNS. The topological polar surface area (TPSA) is 26.0 Å². The summed E-state index contributed by atoms with van der Waals surface area (Å²) in [6, 6.07) is 2.95. The van der Waals surface area contributed by atoms with E-state index in [4.69, 9.17) is 17.3 Å². The van der Waals surface area contributed by atoms with E-state index in [1.54, 1.807) is 6.07 Å². The molecule has 0 unspecified atom stereocenters. The Morgan fingerprint density at radius 1 is 1.46 bits per heavy atom. The average Bonchev–Trinajstić information content (AvgIpc) is 2.56. The van der Waals surface area contributed by atoms with Crippen molar-refractivity contribution < 1.29 is 4.39 Å². The third kappa shape index (κ3) is 1.28. The van der Waals surface area contributed by atoms with Gasteiger partial charge >= 0.3 is 0 Å². The van der Waals surface area contributed by atoms with E-state index in [0.717, 1.165) is 10.3 Å². The van der Waals surface area contributed by atoms with Gasteiger partial charge in [-0.2, -0.15) is 0 Å². The molecule has 0 radical (unpaired) electrons. The van der Waals surface area contributed by atoms with Crippen molar-refractivity contribution in [1.29, 1.82) is 0 Å². The molecule has 0 spiro atoms. The van der Waals surface area contributed by atoms with Gasteiger partial charge < -0.3 is 5.73 Å². The summed E-state index contributed by atoms with van der Waals surface area (Å²) in [5.41, 5.74) is 7.11. The average molecular weight is 216 g/mol. The van der Waals surface area contributed by atoms with Crippen LogP contribution in [0.2, 0.25) is 0 Å². The van der Waals surface area contributed by atoms with Crippen molar-refractivity contribution in [2.24, 2.45) is 0 Å². The minimum Gasteiger partial charge on any atom is -0.398 e. The van der Waals surface area contributed by atoms with Crippen molar-refractivity contribution in [3.05, 3.63) is 28.9 Å². The van der Waals surface area contributed by atoms with Gasteiger partial charge in [0.2, 0.25) is 0 Å². The molecule has 0 saturated heterocycles. The summed E-state index contributed by atoms with van der Waals surface area (Å²) in [7, 11) is 0. The highest BCUT2D eigenvalue weighted by Gasteiger charge is 2.10. The van der Waals surface area contributed by atoms with Crippen LogP contribution in [0.4, 0.5) is 10.1 Å². The molecule has 0 saturated carbocycles. The van der Waals surface area contributed by atoms with Crippen molar-refractivity contribution in [3.8, 4) is 0 Å². The molecule has 2 aromatic rings. The number of rotatable bonds is 1. The van der Waals surface area contributed by atoms with Crippen LogP contribution in [0.1, 0.15) is 5.56 Å². The molecule has 4 heteroatoms. The lowest BCUT2D eigenvalue weighted by Gasteiger charge is -1.98. The molecule has 0 aliphatic heterocycles. The van der Waals surface area contributed by atoms with Gasteiger partial charge in [-0.1, -0.05) is 0 Å². The molecule has 0 atom stereocenters. The number of fused-ring (bicyclic) bond motifs is 1. The van der Waals surface area contributed by atoms with Gasteiger partial charge in [-0.05, 0) is 23.1 Å². The number of hydrogen-bond donors (Lipinski definition) is 1. The fourth-order valence-corrected chi connectivity index (χ4v) is 2.60. The van der Waals surface area contributed by atoms with Crippen LogP contribution in [0, 0.1) is 5.82 Å². The maximum atomic E-state index is 13.3. The van der Waals surface area contributed by atoms with E-state index < -0.39 is 0 Å². The molecule has 0 aliphatic carbocycles. The molecule has 0 fully saturated rings. The SMILES string of the molecule is Nc1ccc(F)c2c(CCl)csc12. The molecule has 13 heavy (non-hydrogen) atoms. The number of benzene rings is 1. The number of nitrogens with two attached hydrogens (primary N) is 1. The Morgan fingerprint density at radius 2 is 2.23 bits per heavy atom. The number of thiophene rings is 1. The maximum absolute atomic E-state index is 13.3. The number of hydrogen-bond acceptors (Lipinski definition) is 2. The van der Waals surface area contributed by atoms with Crippen LogP contribution in [-0.4, -0.2) is 0 Å². The van der Waals surface area contributed by atoms with Crippen LogP contribution < -0.4 is 5.73 Å². The first-order valence-electron chi connectivity index (χ1n) is 3.74. The largest absolute Gasteiger partial charge is 0.398 e. The summed E-state index contributed by atoms with van der Waals surface area (Å²) in [6.45, 7) is 0. The molecule has 0 bridgehead atoms. The fraction of sp³-hybridized carbons (Fsp3) is 0.111. The zero-order valence-corrected chi connectivity index (χ0v) is 8.25. The predicted molar refractivity (Wildman–Crippen MR) is 55.8 cm³/mol. The first-order chi connectivity index (χ1) is 6.24. The standard InChI is InChI=1S/C9H7ClFNS/c10-3-5-4-13-9-7(12)2-1-6(11)8(5)9/h1-2,4H,3,12H2. The van der Waals surface area contributed by atoms with E-state index in [9.17, 15) is 4.39 Å². The molecule has 0 aliphatic rings. The highest BCUT2D eigenvalue weighted by Crippen LogP contribution is 2.33. The quantitative estimate of drug-likeness (QED) is 0.573. The molecule has 1 aromatic heterocycles. The summed E-state index contributed by atoms with van der Waals surface area (Å²) in [5.74, 6) is 0.0708. The van der Waals surface area contributed by atoms with Crippen LogP contribution >= 0.6 is 22.9 Å². The van der Waals surface area contributed by atoms with E-state index in [0.29, 0.717) is 17.0 Å². The zero-order valence-electron chi connectivity index (χ0n) is 6.68. The van der Waals surface area contributed by atoms with Crippen molar-refractivity contribution in [1.82, 2.24) is 0 Å². The highest BCUT2D eigenvalue weighted by atomic mass is 35.5. The Morgan fingerprint density at radius 3 is 2.92 bits per heavy atom. The van der Waals surface area contributed by atoms with Gasteiger partial charge in [0.1, 0.15) is 5.82 Å². The van der Waals surface area contributed by atoms with Crippen molar-refractivity contribution >= 4 is 38.7 Å². The maximum Gasteiger partial charge on any atom is 0.132 e. The second-order valence-electron chi connectivity index (χ2n) is 2.74. The Hall–Kier alpha value is -0.800. The van der Waals surface area contributed by atoms with Crippen molar-refractivity contribution in [2.45, 2.75) is 5.88 Å². The lowest BCUT2D eigenvalue weighted by molar-refractivity contribution is 0.639. The monoisotopic (exact) mass is 215 g/mol. The molecule has 2 N–H and O–H groups in total. The highest BCUT2D eigenvalue weighted by molar-refractivity contribution is 7.18. The summed E-state index contributed by atoms with van der Waals surface area (Å²) < 4.78 is 14.1.